The van der Waals surface area contributed by atoms with E-state index in [4.69, 9.17) is 4.65 Å². The first-order valence-corrected chi connectivity index (χ1v) is 4.79. The summed E-state index contributed by atoms with van der Waals surface area (Å²) in [5, 5.41) is 3.14. The molecule has 2 nitrogen and oxygen atoms in total. The molecule has 1 aliphatic heterocycles. The second kappa shape index (κ2) is 3.84. The summed E-state index contributed by atoms with van der Waals surface area (Å²) in [6, 6.07) is 8.44. The van der Waals surface area contributed by atoms with E-state index in [2.05, 4.69) is 29.6 Å². The Labute approximate surface area is 79.4 Å². The molecule has 1 saturated heterocycles. The monoisotopic (exact) mass is 175 g/mol. The molecule has 13 heavy (non-hydrogen) atoms. The Balaban J connectivity index is 2.18. The minimum absolute atomic E-state index is 0.327. The van der Waals surface area contributed by atoms with Crippen molar-refractivity contribution in [3.63, 3.8) is 0 Å². The number of nitrogens with one attached hydrogen (secondary N) is 1. The predicted molar refractivity (Wildman–Crippen MR) is 56.8 cm³/mol. The van der Waals surface area contributed by atoms with Crippen LogP contribution in [0.2, 0.25) is 6.32 Å². The Morgan fingerprint density at radius 3 is 3.08 bits per heavy atom. The summed E-state index contributed by atoms with van der Waals surface area (Å²) in [5.41, 5.74) is 2.46. The molecule has 1 fully saturated rings. The highest BCUT2D eigenvalue weighted by atomic mass is 16.4. The first-order chi connectivity index (χ1) is 6.40. The molecule has 3 heteroatoms. The lowest BCUT2D eigenvalue weighted by Gasteiger charge is -2.07. The minimum atomic E-state index is 0.327. The lowest BCUT2D eigenvalue weighted by Crippen LogP contribution is -2.29. The molecule has 1 N–H and O–H groups in total. The van der Waals surface area contributed by atoms with E-state index in [0.717, 1.165) is 18.6 Å². The summed E-state index contributed by atoms with van der Waals surface area (Å²) in [5.74, 6) is 0. The molecule has 0 amide bonds. The zero-order valence-corrected chi connectivity index (χ0v) is 7.92. The number of hydrogen-bond acceptors (Lipinski definition) is 2. The molecule has 0 aromatic heterocycles. The SMILES string of the molecule is CNc1cccc(B2CCCO2)c1. The minimum Gasteiger partial charge on any atom is -0.431 e. The van der Waals surface area contributed by atoms with Gasteiger partial charge in [0.1, 0.15) is 0 Å². The van der Waals surface area contributed by atoms with Crippen LogP contribution in [0, 0.1) is 0 Å². The number of anilines is 1. The van der Waals surface area contributed by atoms with Crippen molar-refractivity contribution < 1.29 is 4.65 Å². The van der Waals surface area contributed by atoms with Gasteiger partial charge in [-0.25, -0.2) is 0 Å². The van der Waals surface area contributed by atoms with Crippen molar-refractivity contribution in [3.05, 3.63) is 24.3 Å². The van der Waals surface area contributed by atoms with Gasteiger partial charge in [0.25, 0.3) is 0 Å². The topological polar surface area (TPSA) is 21.3 Å². The van der Waals surface area contributed by atoms with Crippen LogP contribution in [0.4, 0.5) is 5.69 Å². The second-order valence-corrected chi connectivity index (χ2v) is 3.38. The fourth-order valence-corrected chi connectivity index (χ4v) is 1.73. The van der Waals surface area contributed by atoms with Gasteiger partial charge in [-0.1, -0.05) is 12.1 Å². The van der Waals surface area contributed by atoms with Crippen LogP contribution < -0.4 is 10.8 Å². The fourth-order valence-electron chi connectivity index (χ4n) is 1.73. The predicted octanol–water partition coefficient (Wildman–Crippen LogP) is 1.35. The molecule has 0 saturated carbocycles. The molecule has 0 atom stereocenters. The third-order valence-corrected chi connectivity index (χ3v) is 2.48. The number of benzene rings is 1. The van der Waals surface area contributed by atoms with E-state index in [0.29, 0.717) is 6.92 Å². The Kier molecular flexibility index (Phi) is 2.55. The van der Waals surface area contributed by atoms with Gasteiger partial charge < -0.3 is 9.97 Å². The largest absolute Gasteiger partial charge is 0.431 e. The molecule has 0 unspecified atom stereocenters. The zero-order chi connectivity index (χ0) is 9.10. The van der Waals surface area contributed by atoms with Crippen LogP contribution in [0.25, 0.3) is 0 Å². The van der Waals surface area contributed by atoms with Gasteiger partial charge in [-0.05, 0) is 30.3 Å². The van der Waals surface area contributed by atoms with Gasteiger partial charge >= 0.3 is 6.92 Å². The molecule has 0 bridgehead atoms. The van der Waals surface area contributed by atoms with Crippen LogP contribution in [0.3, 0.4) is 0 Å². The van der Waals surface area contributed by atoms with Crippen molar-refractivity contribution >= 4 is 18.1 Å². The van der Waals surface area contributed by atoms with Crippen LogP contribution in [-0.2, 0) is 4.65 Å². The quantitative estimate of drug-likeness (QED) is 0.685. The Morgan fingerprint density at radius 1 is 1.46 bits per heavy atom. The van der Waals surface area contributed by atoms with Crippen LogP contribution >= 0.6 is 0 Å². The highest BCUT2D eigenvalue weighted by Gasteiger charge is 2.22. The maximum Gasteiger partial charge on any atom is 0.326 e. The molecule has 2 rings (SSSR count). The van der Waals surface area contributed by atoms with Gasteiger partial charge in [0.15, 0.2) is 0 Å². The summed E-state index contributed by atoms with van der Waals surface area (Å²) < 4.78 is 5.61. The zero-order valence-electron chi connectivity index (χ0n) is 7.92. The van der Waals surface area contributed by atoms with E-state index in [1.54, 1.807) is 0 Å². The van der Waals surface area contributed by atoms with Gasteiger partial charge in [0.05, 0.1) is 0 Å². The summed E-state index contributed by atoms with van der Waals surface area (Å²) in [6.45, 7) is 1.24. The van der Waals surface area contributed by atoms with Crippen LogP contribution in [0.5, 0.6) is 0 Å². The van der Waals surface area contributed by atoms with Crippen molar-refractivity contribution in [2.24, 2.45) is 0 Å². The lowest BCUT2D eigenvalue weighted by molar-refractivity contribution is 0.366. The normalized spacial score (nSPS) is 16.2. The molecular formula is C10H14BNO. The van der Waals surface area contributed by atoms with Gasteiger partial charge in [-0.15, -0.1) is 0 Å². The van der Waals surface area contributed by atoms with Crippen LogP contribution in [0.1, 0.15) is 6.42 Å². The molecular weight excluding hydrogens is 161 g/mol. The number of rotatable bonds is 2. The molecule has 1 aliphatic rings. The second-order valence-electron chi connectivity index (χ2n) is 3.38. The van der Waals surface area contributed by atoms with Crippen LogP contribution in [0.15, 0.2) is 24.3 Å². The van der Waals surface area contributed by atoms with E-state index >= 15 is 0 Å². The molecule has 0 aliphatic carbocycles. The molecule has 1 aromatic carbocycles. The van der Waals surface area contributed by atoms with E-state index in [1.165, 1.54) is 11.9 Å². The van der Waals surface area contributed by atoms with E-state index in [9.17, 15) is 0 Å². The first kappa shape index (κ1) is 8.63. The molecule has 1 heterocycles. The fraction of sp³-hybridized carbons (Fsp3) is 0.400. The molecule has 0 radical (unpaired) electrons. The molecule has 68 valence electrons. The first-order valence-electron chi connectivity index (χ1n) is 4.79. The summed E-state index contributed by atoms with van der Waals surface area (Å²) in [4.78, 5) is 0. The van der Waals surface area contributed by atoms with E-state index in [1.807, 2.05) is 7.05 Å². The average molecular weight is 175 g/mol. The summed E-state index contributed by atoms with van der Waals surface area (Å²) >= 11 is 0. The van der Waals surface area contributed by atoms with Gasteiger partial charge in [0, 0.05) is 19.3 Å². The van der Waals surface area contributed by atoms with E-state index in [-0.39, 0.29) is 0 Å². The third kappa shape index (κ3) is 1.86. The highest BCUT2D eigenvalue weighted by molar-refractivity contribution is 6.68. The third-order valence-electron chi connectivity index (χ3n) is 2.48. The van der Waals surface area contributed by atoms with Gasteiger partial charge in [-0.3, -0.25) is 0 Å². The smallest absolute Gasteiger partial charge is 0.326 e. The summed E-state index contributed by atoms with van der Waals surface area (Å²) in [7, 11) is 1.94. The van der Waals surface area contributed by atoms with Crippen LogP contribution in [-0.4, -0.2) is 20.6 Å². The van der Waals surface area contributed by atoms with Crippen molar-refractivity contribution in [1.29, 1.82) is 0 Å². The Hall–Kier alpha value is -0.955. The van der Waals surface area contributed by atoms with Gasteiger partial charge in [-0.2, -0.15) is 0 Å². The highest BCUT2D eigenvalue weighted by Crippen LogP contribution is 2.11. The Bertz CT molecular complexity index is 284. The Morgan fingerprint density at radius 2 is 2.38 bits per heavy atom. The van der Waals surface area contributed by atoms with Crippen molar-refractivity contribution in [2.75, 3.05) is 19.0 Å². The van der Waals surface area contributed by atoms with E-state index < -0.39 is 0 Å². The maximum atomic E-state index is 5.61. The molecule has 1 aromatic rings. The van der Waals surface area contributed by atoms with Crippen molar-refractivity contribution in [1.82, 2.24) is 0 Å². The average Bonchev–Trinajstić information content (AvgIpc) is 2.71. The summed E-state index contributed by atoms with van der Waals surface area (Å²) in [6.07, 6.45) is 2.35. The standard InChI is InChI=1S/C10H14BNO/c1-12-10-5-2-4-9(8-10)11-6-3-7-13-11/h2,4-5,8,12H,3,6-7H2,1H3. The number of hydrogen-bond donors (Lipinski definition) is 1. The molecule has 0 spiro atoms. The maximum absolute atomic E-state index is 5.61. The van der Waals surface area contributed by atoms with Crippen molar-refractivity contribution in [3.8, 4) is 0 Å². The van der Waals surface area contributed by atoms with Crippen molar-refractivity contribution in [2.45, 2.75) is 12.7 Å². The van der Waals surface area contributed by atoms with Gasteiger partial charge in [0.2, 0.25) is 0 Å². The lowest BCUT2D eigenvalue weighted by atomic mass is 9.59.